The van der Waals surface area contributed by atoms with Crippen molar-refractivity contribution in [3.05, 3.63) is 29.8 Å². The fourth-order valence-corrected chi connectivity index (χ4v) is 2.71. The van der Waals surface area contributed by atoms with Gasteiger partial charge in [0.1, 0.15) is 0 Å². The Morgan fingerprint density at radius 3 is 2.47 bits per heavy atom. The van der Waals surface area contributed by atoms with Gasteiger partial charge in [0.2, 0.25) is 0 Å². The molecule has 1 rings (SSSR count). The lowest BCUT2D eigenvalue weighted by molar-refractivity contribution is 0.0949. The normalized spacial score (nSPS) is 11.3. The molecule has 0 fully saturated rings. The van der Waals surface area contributed by atoms with Gasteiger partial charge in [0, 0.05) is 12.8 Å². The first kappa shape index (κ1) is 15.7. The van der Waals surface area contributed by atoms with Gasteiger partial charge in [-0.1, -0.05) is 38.3 Å². The predicted molar refractivity (Wildman–Crippen MR) is 76.0 cm³/mol. The molecule has 0 radical (unpaired) electrons. The summed E-state index contributed by atoms with van der Waals surface area (Å²) in [5.74, 6) is -0.322. The third-order valence-corrected chi connectivity index (χ3v) is 4.00. The summed E-state index contributed by atoms with van der Waals surface area (Å²) in [6.45, 7) is 2.71. The molecule has 0 aromatic heterocycles. The average molecular weight is 283 g/mol. The van der Waals surface area contributed by atoms with Gasteiger partial charge in [0.05, 0.1) is 10.5 Å². The van der Waals surface area contributed by atoms with Gasteiger partial charge in [-0.25, -0.2) is 8.42 Å². The highest BCUT2D eigenvalue weighted by molar-refractivity contribution is 7.90. The van der Waals surface area contributed by atoms with E-state index in [0.29, 0.717) is 6.54 Å². The average Bonchev–Trinajstić information content (AvgIpc) is 2.37. The minimum absolute atomic E-state index is 0.0843. The van der Waals surface area contributed by atoms with Crippen molar-refractivity contribution in [2.24, 2.45) is 0 Å². The highest BCUT2D eigenvalue weighted by atomic mass is 32.2. The van der Waals surface area contributed by atoms with E-state index in [1.165, 1.54) is 12.1 Å². The van der Waals surface area contributed by atoms with E-state index in [-0.39, 0.29) is 16.4 Å². The van der Waals surface area contributed by atoms with E-state index in [9.17, 15) is 13.2 Å². The van der Waals surface area contributed by atoms with Crippen molar-refractivity contribution in [3.63, 3.8) is 0 Å². The monoisotopic (exact) mass is 283 g/mol. The van der Waals surface area contributed by atoms with Crippen LogP contribution in [0.5, 0.6) is 0 Å². The van der Waals surface area contributed by atoms with Crippen LogP contribution in [0.4, 0.5) is 0 Å². The van der Waals surface area contributed by atoms with E-state index < -0.39 is 9.84 Å². The standard InChI is InChI=1S/C14H21NO3S/c1-3-4-5-8-11-15-14(16)12-9-6-7-10-13(12)19(2,17)18/h6-7,9-10H,3-5,8,11H2,1-2H3,(H,15,16). The molecule has 5 heteroatoms. The first-order valence-corrected chi connectivity index (χ1v) is 8.43. The molecule has 0 spiro atoms. The molecule has 1 aromatic rings. The van der Waals surface area contributed by atoms with Crippen molar-refractivity contribution in [3.8, 4) is 0 Å². The number of carbonyl (C=O) groups is 1. The predicted octanol–water partition coefficient (Wildman–Crippen LogP) is 2.40. The van der Waals surface area contributed by atoms with Gasteiger partial charge in [-0.2, -0.15) is 0 Å². The van der Waals surface area contributed by atoms with Crippen LogP contribution in [0.25, 0.3) is 0 Å². The molecule has 1 amide bonds. The molecule has 0 atom stereocenters. The molecule has 0 unspecified atom stereocenters. The number of carbonyl (C=O) groups excluding carboxylic acids is 1. The molecule has 1 aromatic carbocycles. The molecule has 0 bridgehead atoms. The highest BCUT2D eigenvalue weighted by Crippen LogP contribution is 2.15. The summed E-state index contributed by atoms with van der Waals surface area (Å²) in [6.07, 6.45) is 5.39. The maximum atomic E-state index is 12.0. The fraction of sp³-hybridized carbons (Fsp3) is 0.500. The third kappa shape index (κ3) is 5.03. The summed E-state index contributed by atoms with van der Waals surface area (Å²) in [6, 6.07) is 6.29. The maximum Gasteiger partial charge on any atom is 0.252 e. The Bertz CT molecular complexity index is 523. The molecule has 19 heavy (non-hydrogen) atoms. The van der Waals surface area contributed by atoms with Crippen molar-refractivity contribution in [2.75, 3.05) is 12.8 Å². The minimum Gasteiger partial charge on any atom is -0.352 e. The fourth-order valence-electron chi connectivity index (χ4n) is 1.83. The Labute approximate surface area is 115 Å². The summed E-state index contributed by atoms with van der Waals surface area (Å²) in [7, 11) is -3.38. The first-order valence-electron chi connectivity index (χ1n) is 6.54. The van der Waals surface area contributed by atoms with Gasteiger partial charge in [-0.3, -0.25) is 4.79 Å². The lowest BCUT2D eigenvalue weighted by atomic mass is 10.2. The van der Waals surface area contributed by atoms with Crippen LogP contribution in [-0.2, 0) is 9.84 Å². The summed E-state index contributed by atoms with van der Waals surface area (Å²) >= 11 is 0. The van der Waals surface area contributed by atoms with E-state index in [4.69, 9.17) is 0 Å². The van der Waals surface area contributed by atoms with Crippen molar-refractivity contribution in [2.45, 2.75) is 37.5 Å². The maximum absolute atomic E-state index is 12.0. The largest absolute Gasteiger partial charge is 0.352 e. The number of hydrogen-bond donors (Lipinski definition) is 1. The molecule has 106 valence electrons. The van der Waals surface area contributed by atoms with Crippen LogP contribution in [0.3, 0.4) is 0 Å². The molecule has 1 N–H and O–H groups in total. The molecule has 0 aliphatic heterocycles. The zero-order valence-electron chi connectivity index (χ0n) is 11.5. The Morgan fingerprint density at radius 2 is 1.84 bits per heavy atom. The highest BCUT2D eigenvalue weighted by Gasteiger charge is 2.17. The number of benzene rings is 1. The summed E-state index contributed by atoms with van der Waals surface area (Å²) in [4.78, 5) is 12.1. The topological polar surface area (TPSA) is 63.2 Å². The number of unbranched alkanes of at least 4 members (excludes halogenated alkanes) is 3. The SMILES string of the molecule is CCCCCCNC(=O)c1ccccc1S(C)(=O)=O. The van der Waals surface area contributed by atoms with Gasteiger partial charge >= 0.3 is 0 Å². The third-order valence-electron chi connectivity index (χ3n) is 2.85. The summed E-state index contributed by atoms with van der Waals surface area (Å²) in [5, 5.41) is 2.77. The zero-order valence-corrected chi connectivity index (χ0v) is 12.3. The van der Waals surface area contributed by atoms with E-state index in [0.717, 1.165) is 31.9 Å². The van der Waals surface area contributed by atoms with Crippen LogP contribution in [0, 0.1) is 0 Å². The lowest BCUT2D eigenvalue weighted by Gasteiger charge is -2.08. The molecular formula is C14H21NO3S. The van der Waals surface area contributed by atoms with Crippen molar-refractivity contribution in [1.82, 2.24) is 5.32 Å². The van der Waals surface area contributed by atoms with E-state index in [1.54, 1.807) is 12.1 Å². The molecule has 0 aliphatic rings. The van der Waals surface area contributed by atoms with E-state index >= 15 is 0 Å². The number of hydrogen-bond acceptors (Lipinski definition) is 3. The number of rotatable bonds is 7. The number of nitrogens with one attached hydrogen (secondary N) is 1. The van der Waals surface area contributed by atoms with Gasteiger partial charge < -0.3 is 5.32 Å². The molecule has 4 nitrogen and oxygen atoms in total. The van der Waals surface area contributed by atoms with E-state index in [2.05, 4.69) is 12.2 Å². The van der Waals surface area contributed by atoms with Crippen LogP contribution < -0.4 is 5.32 Å². The quantitative estimate of drug-likeness (QED) is 0.782. The Balaban J connectivity index is 2.68. The Morgan fingerprint density at radius 1 is 1.16 bits per heavy atom. The van der Waals surface area contributed by atoms with Crippen LogP contribution in [0.1, 0.15) is 43.0 Å². The number of sulfone groups is 1. The Kier molecular flexibility index (Phi) is 6.02. The molecular weight excluding hydrogens is 262 g/mol. The van der Waals surface area contributed by atoms with Crippen LogP contribution in [-0.4, -0.2) is 27.1 Å². The minimum atomic E-state index is -3.38. The van der Waals surface area contributed by atoms with Crippen molar-refractivity contribution < 1.29 is 13.2 Å². The van der Waals surface area contributed by atoms with Gasteiger partial charge in [-0.05, 0) is 18.6 Å². The lowest BCUT2D eigenvalue weighted by Crippen LogP contribution is -2.26. The second-order valence-electron chi connectivity index (χ2n) is 4.58. The smallest absolute Gasteiger partial charge is 0.252 e. The molecule has 0 saturated carbocycles. The van der Waals surface area contributed by atoms with E-state index in [1.807, 2.05) is 0 Å². The van der Waals surface area contributed by atoms with Crippen LogP contribution in [0.2, 0.25) is 0 Å². The van der Waals surface area contributed by atoms with Gasteiger partial charge in [-0.15, -0.1) is 0 Å². The van der Waals surface area contributed by atoms with Crippen molar-refractivity contribution in [1.29, 1.82) is 0 Å². The van der Waals surface area contributed by atoms with Gasteiger partial charge in [0.15, 0.2) is 9.84 Å². The molecule has 0 aliphatic carbocycles. The second kappa shape index (κ2) is 7.28. The summed E-state index contributed by atoms with van der Waals surface area (Å²) < 4.78 is 23.2. The number of amides is 1. The molecule has 0 saturated heterocycles. The van der Waals surface area contributed by atoms with Crippen LogP contribution in [0.15, 0.2) is 29.2 Å². The van der Waals surface area contributed by atoms with Gasteiger partial charge in [0.25, 0.3) is 5.91 Å². The Hall–Kier alpha value is -1.36. The summed E-state index contributed by atoms with van der Waals surface area (Å²) in [5.41, 5.74) is 0.223. The second-order valence-corrected chi connectivity index (χ2v) is 6.57. The molecule has 0 heterocycles. The first-order chi connectivity index (χ1) is 8.96. The van der Waals surface area contributed by atoms with Crippen molar-refractivity contribution >= 4 is 15.7 Å². The zero-order chi connectivity index (χ0) is 14.3. The van der Waals surface area contributed by atoms with Crippen LogP contribution >= 0.6 is 0 Å².